The number of hydrogen-bond acceptors (Lipinski definition) is 1. The fraction of sp³-hybridized carbons (Fsp3) is 0.923. The lowest BCUT2D eigenvalue weighted by Gasteiger charge is -2.29. The average Bonchev–Trinajstić information content (AvgIpc) is 2.18. The van der Waals surface area contributed by atoms with Gasteiger partial charge in [0, 0.05) is 6.54 Å². The second-order valence-electron chi connectivity index (χ2n) is 4.99. The van der Waals surface area contributed by atoms with Crippen LogP contribution < -0.4 is 0 Å². The molecule has 2 rings (SSSR count). The molecule has 0 aromatic carbocycles. The highest BCUT2D eigenvalue weighted by molar-refractivity contribution is 5.57. The lowest BCUT2D eigenvalue weighted by atomic mass is 9.79. The minimum atomic E-state index is 0.929. The maximum Gasteiger partial charge on any atom is 0.0416 e. The lowest BCUT2D eigenvalue weighted by molar-refractivity contribution is 0.256. The molecule has 1 fully saturated rings. The highest BCUT2D eigenvalue weighted by Gasteiger charge is 2.22. The first-order valence-electron chi connectivity index (χ1n) is 6.45. The third kappa shape index (κ3) is 2.83. The summed E-state index contributed by atoms with van der Waals surface area (Å²) in [7, 11) is 0. The van der Waals surface area contributed by atoms with Crippen LogP contribution in [0.5, 0.6) is 0 Å². The lowest BCUT2D eigenvalue weighted by Crippen LogP contribution is -2.21. The average molecular weight is 193 g/mol. The molecule has 0 spiro atoms. The normalized spacial score (nSPS) is 31.0. The Morgan fingerprint density at radius 2 is 1.50 bits per heavy atom. The van der Waals surface area contributed by atoms with Crippen molar-refractivity contribution >= 4 is 6.21 Å². The molecule has 80 valence electrons. The Hall–Kier alpha value is -0.330. The quantitative estimate of drug-likeness (QED) is 0.600. The fourth-order valence-corrected chi connectivity index (χ4v) is 3.03. The summed E-state index contributed by atoms with van der Waals surface area (Å²) in [6.07, 6.45) is 15.1. The molecule has 1 aliphatic carbocycles. The van der Waals surface area contributed by atoms with Crippen LogP contribution in [0.15, 0.2) is 4.99 Å². The minimum Gasteiger partial charge on any atom is -0.297 e. The van der Waals surface area contributed by atoms with Gasteiger partial charge in [0.05, 0.1) is 0 Å². The molecule has 0 saturated heterocycles. The first-order valence-corrected chi connectivity index (χ1v) is 6.45. The molecule has 1 saturated carbocycles. The molecule has 0 aromatic rings. The van der Waals surface area contributed by atoms with Crippen molar-refractivity contribution in [2.24, 2.45) is 16.8 Å². The van der Waals surface area contributed by atoms with Crippen molar-refractivity contribution in [1.82, 2.24) is 0 Å². The summed E-state index contributed by atoms with van der Waals surface area (Å²) in [6.45, 7) is 1.13. The SMILES string of the molecule is C1=NCC(C2CCCCCCC2)CC1. The zero-order chi connectivity index (χ0) is 9.64. The van der Waals surface area contributed by atoms with E-state index in [0.29, 0.717) is 0 Å². The van der Waals surface area contributed by atoms with Gasteiger partial charge in [-0.2, -0.15) is 0 Å². The van der Waals surface area contributed by atoms with Crippen LogP contribution in [0.3, 0.4) is 0 Å². The van der Waals surface area contributed by atoms with Crippen molar-refractivity contribution in [3.63, 3.8) is 0 Å². The topological polar surface area (TPSA) is 12.4 Å². The molecule has 1 aliphatic heterocycles. The maximum absolute atomic E-state index is 4.46. The molecule has 14 heavy (non-hydrogen) atoms. The molecular weight excluding hydrogens is 170 g/mol. The van der Waals surface area contributed by atoms with E-state index in [0.717, 1.165) is 18.4 Å². The van der Waals surface area contributed by atoms with E-state index in [1.54, 1.807) is 0 Å². The minimum absolute atomic E-state index is 0.929. The van der Waals surface area contributed by atoms with Gasteiger partial charge in [0.2, 0.25) is 0 Å². The van der Waals surface area contributed by atoms with Gasteiger partial charge in [-0.25, -0.2) is 0 Å². The molecule has 0 radical (unpaired) electrons. The van der Waals surface area contributed by atoms with Crippen LogP contribution in [0.25, 0.3) is 0 Å². The zero-order valence-corrected chi connectivity index (χ0v) is 9.25. The second-order valence-corrected chi connectivity index (χ2v) is 4.99. The number of rotatable bonds is 1. The first-order chi connectivity index (χ1) is 6.97. The second kappa shape index (κ2) is 5.53. The summed E-state index contributed by atoms with van der Waals surface area (Å²) in [6, 6.07) is 0. The fourth-order valence-electron chi connectivity index (χ4n) is 3.03. The van der Waals surface area contributed by atoms with Crippen molar-refractivity contribution in [2.45, 2.75) is 57.8 Å². The molecule has 0 amide bonds. The van der Waals surface area contributed by atoms with Crippen LogP contribution in [0, 0.1) is 11.8 Å². The summed E-state index contributed by atoms with van der Waals surface area (Å²) in [5.41, 5.74) is 0. The Kier molecular flexibility index (Phi) is 4.03. The van der Waals surface area contributed by atoms with E-state index >= 15 is 0 Å². The highest BCUT2D eigenvalue weighted by atomic mass is 14.7. The van der Waals surface area contributed by atoms with Gasteiger partial charge in [0.15, 0.2) is 0 Å². The highest BCUT2D eigenvalue weighted by Crippen LogP contribution is 2.31. The van der Waals surface area contributed by atoms with Crippen molar-refractivity contribution in [3.05, 3.63) is 0 Å². The van der Waals surface area contributed by atoms with Crippen LogP contribution in [0.2, 0.25) is 0 Å². The van der Waals surface area contributed by atoms with Crippen molar-refractivity contribution in [3.8, 4) is 0 Å². The van der Waals surface area contributed by atoms with Crippen molar-refractivity contribution in [1.29, 1.82) is 0 Å². The molecule has 1 heteroatoms. The molecule has 1 heterocycles. The van der Waals surface area contributed by atoms with Crippen LogP contribution in [0.4, 0.5) is 0 Å². The van der Waals surface area contributed by atoms with Crippen LogP contribution >= 0.6 is 0 Å². The van der Waals surface area contributed by atoms with E-state index in [9.17, 15) is 0 Å². The van der Waals surface area contributed by atoms with Crippen LogP contribution in [0.1, 0.15) is 57.8 Å². The largest absolute Gasteiger partial charge is 0.297 e. The Balaban J connectivity index is 1.83. The van der Waals surface area contributed by atoms with Crippen molar-refractivity contribution < 1.29 is 0 Å². The number of nitrogens with zero attached hydrogens (tertiary/aromatic N) is 1. The van der Waals surface area contributed by atoms with Crippen molar-refractivity contribution in [2.75, 3.05) is 6.54 Å². The Morgan fingerprint density at radius 3 is 2.14 bits per heavy atom. The Morgan fingerprint density at radius 1 is 0.786 bits per heavy atom. The summed E-state index contributed by atoms with van der Waals surface area (Å²) in [5, 5.41) is 0. The zero-order valence-electron chi connectivity index (χ0n) is 9.25. The van der Waals surface area contributed by atoms with Gasteiger partial charge in [-0.05, 0) is 30.9 Å². The summed E-state index contributed by atoms with van der Waals surface area (Å²) >= 11 is 0. The van der Waals surface area contributed by atoms with E-state index in [1.807, 2.05) is 0 Å². The predicted molar refractivity (Wildman–Crippen MR) is 61.9 cm³/mol. The third-order valence-corrected chi connectivity index (χ3v) is 3.95. The smallest absolute Gasteiger partial charge is 0.0416 e. The first kappa shape index (κ1) is 10.2. The molecule has 2 aliphatic rings. The van der Waals surface area contributed by atoms with Crippen LogP contribution in [-0.4, -0.2) is 12.8 Å². The molecular formula is C13H23N. The van der Waals surface area contributed by atoms with Gasteiger partial charge in [0.25, 0.3) is 0 Å². The van der Waals surface area contributed by atoms with E-state index < -0.39 is 0 Å². The van der Waals surface area contributed by atoms with Gasteiger partial charge in [-0.15, -0.1) is 0 Å². The maximum atomic E-state index is 4.46. The Labute approximate surface area is 88.0 Å². The summed E-state index contributed by atoms with van der Waals surface area (Å²) in [5.74, 6) is 1.94. The third-order valence-electron chi connectivity index (χ3n) is 3.95. The summed E-state index contributed by atoms with van der Waals surface area (Å²) < 4.78 is 0. The molecule has 1 nitrogen and oxygen atoms in total. The van der Waals surface area contributed by atoms with E-state index in [-0.39, 0.29) is 0 Å². The van der Waals surface area contributed by atoms with Gasteiger partial charge >= 0.3 is 0 Å². The van der Waals surface area contributed by atoms with Crippen LogP contribution in [-0.2, 0) is 0 Å². The molecule has 0 bridgehead atoms. The summed E-state index contributed by atoms with van der Waals surface area (Å²) in [4.78, 5) is 4.46. The Bertz CT molecular complexity index is 178. The number of hydrogen-bond donors (Lipinski definition) is 0. The molecule has 1 atom stereocenters. The standard InChI is InChI=1S/C13H23N/c1-2-4-7-12(8-5-3-1)13-9-6-10-14-11-13/h10,12-13H,1-9,11H2. The van der Waals surface area contributed by atoms with Gasteiger partial charge < -0.3 is 0 Å². The van der Waals surface area contributed by atoms with E-state index in [4.69, 9.17) is 0 Å². The predicted octanol–water partition coefficient (Wildman–Crippen LogP) is 3.83. The molecule has 0 aromatic heterocycles. The van der Waals surface area contributed by atoms with E-state index in [2.05, 4.69) is 11.2 Å². The van der Waals surface area contributed by atoms with Gasteiger partial charge in [-0.3, -0.25) is 4.99 Å². The van der Waals surface area contributed by atoms with Gasteiger partial charge in [0.1, 0.15) is 0 Å². The van der Waals surface area contributed by atoms with E-state index in [1.165, 1.54) is 57.8 Å². The number of aliphatic imine (C=N–C) groups is 1. The monoisotopic (exact) mass is 193 g/mol. The van der Waals surface area contributed by atoms with Gasteiger partial charge in [-0.1, -0.05) is 44.9 Å². The molecule has 0 N–H and O–H groups in total. The molecule has 1 unspecified atom stereocenters.